The molecule has 0 spiro atoms. The molecule has 0 aliphatic rings. The Kier molecular flexibility index (Phi) is 5.93. The highest BCUT2D eigenvalue weighted by Gasteiger charge is 2.20. The van der Waals surface area contributed by atoms with Crippen molar-refractivity contribution in [2.24, 2.45) is 0 Å². The van der Waals surface area contributed by atoms with Gasteiger partial charge in [0.15, 0.2) is 10.9 Å². The van der Waals surface area contributed by atoms with E-state index in [-0.39, 0.29) is 16.9 Å². The molecule has 1 heterocycles. The Hall–Kier alpha value is -2.64. The zero-order valence-electron chi connectivity index (χ0n) is 14.7. The SMILES string of the molecule is CC(=O)Nc1ccc(C(=O)C(C)Sc2nncn2-c2cccc(Cl)c2)cc1. The lowest BCUT2D eigenvalue weighted by molar-refractivity contribution is -0.114. The van der Waals surface area contributed by atoms with E-state index in [0.717, 1.165) is 5.69 Å². The molecule has 2 aromatic carbocycles. The van der Waals surface area contributed by atoms with E-state index in [1.807, 2.05) is 25.1 Å². The van der Waals surface area contributed by atoms with Crippen LogP contribution in [0.25, 0.3) is 5.69 Å². The lowest BCUT2D eigenvalue weighted by Gasteiger charge is -2.12. The number of ketones is 1. The number of carbonyl (C=O) groups excluding carboxylic acids is 2. The second kappa shape index (κ2) is 8.37. The Morgan fingerprint density at radius 2 is 1.93 bits per heavy atom. The second-order valence-electron chi connectivity index (χ2n) is 5.85. The van der Waals surface area contributed by atoms with Crippen molar-refractivity contribution in [2.45, 2.75) is 24.3 Å². The van der Waals surface area contributed by atoms with Gasteiger partial charge in [-0.3, -0.25) is 14.2 Å². The Labute approximate surface area is 165 Å². The molecule has 3 aromatic rings. The molecule has 1 atom stereocenters. The molecule has 1 amide bonds. The Morgan fingerprint density at radius 1 is 1.19 bits per heavy atom. The summed E-state index contributed by atoms with van der Waals surface area (Å²) in [4.78, 5) is 23.8. The van der Waals surface area contributed by atoms with Crippen molar-refractivity contribution in [3.05, 3.63) is 65.4 Å². The van der Waals surface area contributed by atoms with E-state index in [4.69, 9.17) is 11.6 Å². The van der Waals surface area contributed by atoms with E-state index in [9.17, 15) is 9.59 Å². The summed E-state index contributed by atoms with van der Waals surface area (Å²) in [6.07, 6.45) is 1.59. The molecule has 0 saturated carbocycles. The smallest absolute Gasteiger partial charge is 0.221 e. The van der Waals surface area contributed by atoms with Crippen molar-refractivity contribution < 1.29 is 9.59 Å². The number of hydrogen-bond donors (Lipinski definition) is 1. The molecular formula is C19H17ClN4O2S. The number of thioether (sulfide) groups is 1. The number of nitrogens with one attached hydrogen (secondary N) is 1. The van der Waals surface area contributed by atoms with Crippen molar-refractivity contribution in [1.29, 1.82) is 0 Å². The third kappa shape index (κ3) is 4.75. The fourth-order valence-electron chi connectivity index (χ4n) is 2.48. The number of anilines is 1. The molecule has 1 unspecified atom stereocenters. The highest BCUT2D eigenvalue weighted by Crippen LogP contribution is 2.27. The van der Waals surface area contributed by atoms with Crippen molar-refractivity contribution in [3.63, 3.8) is 0 Å². The van der Waals surface area contributed by atoms with Crippen molar-refractivity contribution >= 4 is 40.7 Å². The van der Waals surface area contributed by atoms with Crippen LogP contribution in [0.1, 0.15) is 24.2 Å². The Bertz CT molecular complexity index is 972. The maximum atomic E-state index is 12.7. The normalized spacial score (nSPS) is 11.8. The lowest BCUT2D eigenvalue weighted by atomic mass is 10.1. The minimum atomic E-state index is -0.362. The standard InChI is InChI=1S/C19H17ClN4O2S/c1-12(18(26)14-6-8-16(9-7-14)22-13(2)25)27-19-23-21-11-24(19)17-5-3-4-15(20)10-17/h3-12H,1-2H3,(H,22,25). The van der Waals surface area contributed by atoms with Crippen molar-refractivity contribution in [2.75, 3.05) is 5.32 Å². The summed E-state index contributed by atoms with van der Waals surface area (Å²) in [5, 5.41) is 11.6. The lowest BCUT2D eigenvalue weighted by Crippen LogP contribution is -2.14. The van der Waals surface area contributed by atoms with Crippen LogP contribution in [0, 0.1) is 0 Å². The van der Waals surface area contributed by atoms with Crippen molar-refractivity contribution in [3.8, 4) is 5.69 Å². The van der Waals surface area contributed by atoms with Gasteiger partial charge in [0.2, 0.25) is 5.91 Å². The first kappa shape index (κ1) is 19.1. The predicted molar refractivity (Wildman–Crippen MR) is 107 cm³/mol. The first-order chi connectivity index (χ1) is 12.9. The van der Waals surface area contributed by atoms with Crippen molar-refractivity contribution in [1.82, 2.24) is 14.8 Å². The number of halogens is 1. The zero-order valence-corrected chi connectivity index (χ0v) is 16.3. The van der Waals surface area contributed by atoms with Crippen LogP contribution < -0.4 is 5.32 Å². The summed E-state index contributed by atoms with van der Waals surface area (Å²) < 4.78 is 1.79. The van der Waals surface area contributed by atoms with Crippen LogP contribution in [0.4, 0.5) is 5.69 Å². The van der Waals surface area contributed by atoms with Crippen LogP contribution in [0.2, 0.25) is 5.02 Å². The van der Waals surface area contributed by atoms with Gasteiger partial charge in [-0.05, 0) is 49.4 Å². The van der Waals surface area contributed by atoms with Crippen LogP contribution in [-0.4, -0.2) is 31.7 Å². The molecule has 0 aliphatic carbocycles. The highest BCUT2D eigenvalue weighted by molar-refractivity contribution is 8.00. The first-order valence-electron chi connectivity index (χ1n) is 8.18. The third-order valence-electron chi connectivity index (χ3n) is 3.74. The molecule has 8 heteroatoms. The predicted octanol–water partition coefficient (Wildman–Crippen LogP) is 4.24. The molecule has 0 aliphatic heterocycles. The van der Waals surface area contributed by atoms with Crippen LogP contribution in [0.15, 0.2) is 60.0 Å². The summed E-state index contributed by atoms with van der Waals surface area (Å²) in [6.45, 7) is 3.26. The highest BCUT2D eigenvalue weighted by atomic mass is 35.5. The summed E-state index contributed by atoms with van der Waals surface area (Å²) >= 11 is 7.38. The molecule has 3 rings (SSSR count). The summed E-state index contributed by atoms with van der Waals surface area (Å²) in [6, 6.07) is 14.2. The quantitative estimate of drug-likeness (QED) is 0.494. The summed E-state index contributed by atoms with van der Waals surface area (Å²) in [7, 11) is 0. The Morgan fingerprint density at radius 3 is 2.59 bits per heavy atom. The molecule has 27 heavy (non-hydrogen) atoms. The van der Waals surface area contributed by atoms with E-state index in [1.165, 1.54) is 18.7 Å². The molecule has 0 bridgehead atoms. The summed E-state index contributed by atoms with van der Waals surface area (Å²) in [5.74, 6) is -0.187. The monoisotopic (exact) mass is 400 g/mol. The number of nitrogens with zero attached hydrogens (tertiary/aromatic N) is 3. The molecule has 0 saturated heterocycles. The zero-order chi connectivity index (χ0) is 19.4. The molecule has 1 N–H and O–H groups in total. The van der Waals surface area contributed by atoms with Gasteiger partial charge in [-0.15, -0.1) is 10.2 Å². The number of carbonyl (C=O) groups is 2. The largest absolute Gasteiger partial charge is 0.326 e. The number of aromatic nitrogens is 3. The molecule has 0 radical (unpaired) electrons. The van der Waals surface area contributed by atoms with Gasteiger partial charge in [0.05, 0.1) is 10.9 Å². The average molecular weight is 401 g/mol. The topological polar surface area (TPSA) is 76.9 Å². The van der Waals surface area contributed by atoms with Crippen LogP contribution >= 0.6 is 23.4 Å². The van der Waals surface area contributed by atoms with E-state index in [1.54, 1.807) is 41.2 Å². The number of Topliss-reactive ketones (excluding diaryl/α,β-unsaturated/α-hetero) is 1. The fourth-order valence-corrected chi connectivity index (χ4v) is 3.58. The fraction of sp³-hybridized carbons (Fsp3) is 0.158. The molecular weight excluding hydrogens is 384 g/mol. The van der Waals surface area contributed by atoms with Gasteiger partial charge in [0, 0.05) is 23.2 Å². The van der Waals surface area contributed by atoms with Crippen LogP contribution in [0.3, 0.4) is 0 Å². The molecule has 138 valence electrons. The minimum Gasteiger partial charge on any atom is -0.326 e. The van der Waals surface area contributed by atoms with E-state index in [2.05, 4.69) is 15.5 Å². The van der Waals surface area contributed by atoms with E-state index < -0.39 is 0 Å². The molecule has 1 aromatic heterocycles. The van der Waals surface area contributed by atoms with Gasteiger partial charge in [0.25, 0.3) is 0 Å². The van der Waals surface area contributed by atoms with Crippen LogP contribution in [-0.2, 0) is 4.79 Å². The van der Waals surface area contributed by atoms with E-state index in [0.29, 0.717) is 21.4 Å². The summed E-state index contributed by atoms with van der Waals surface area (Å²) in [5.41, 5.74) is 2.05. The number of amides is 1. The third-order valence-corrected chi connectivity index (χ3v) is 5.04. The van der Waals surface area contributed by atoms with Gasteiger partial charge in [-0.2, -0.15) is 0 Å². The van der Waals surface area contributed by atoms with Gasteiger partial charge in [0.1, 0.15) is 6.33 Å². The first-order valence-corrected chi connectivity index (χ1v) is 9.44. The number of hydrogen-bond acceptors (Lipinski definition) is 5. The van der Waals surface area contributed by atoms with E-state index >= 15 is 0 Å². The maximum Gasteiger partial charge on any atom is 0.221 e. The number of rotatable bonds is 6. The molecule has 6 nitrogen and oxygen atoms in total. The Balaban J connectivity index is 1.74. The van der Waals surface area contributed by atoms with Gasteiger partial charge < -0.3 is 5.32 Å². The maximum absolute atomic E-state index is 12.7. The van der Waals surface area contributed by atoms with Crippen LogP contribution in [0.5, 0.6) is 0 Å². The van der Waals surface area contributed by atoms with Gasteiger partial charge >= 0.3 is 0 Å². The molecule has 0 fully saturated rings. The second-order valence-corrected chi connectivity index (χ2v) is 7.59. The minimum absolute atomic E-state index is 0.0324. The average Bonchev–Trinajstić information content (AvgIpc) is 3.09. The van der Waals surface area contributed by atoms with Gasteiger partial charge in [-0.25, -0.2) is 0 Å². The van der Waals surface area contributed by atoms with Gasteiger partial charge in [-0.1, -0.05) is 29.4 Å². The number of benzene rings is 2.